The Morgan fingerprint density at radius 1 is 1.00 bits per heavy atom. The van der Waals surface area contributed by atoms with E-state index in [1.807, 2.05) is 0 Å². The molecule has 104 valence electrons. The minimum absolute atomic E-state index is 0.0950. The van der Waals surface area contributed by atoms with Crippen molar-refractivity contribution >= 4 is 30.8 Å². The molecule has 0 radical (unpaired) electrons. The maximum Gasteiger partial charge on any atom is 0.386 e. The molecule has 0 aliphatic carbocycles. The highest BCUT2D eigenvalue weighted by Gasteiger charge is 2.37. The van der Waals surface area contributed by atoms with E-state index in [2.05, 4.69) is 0 Å². The fourth-order valence-corrected chi connectivity index (χ4v) is 3.04. The molecule has 0 atom stereocenters. The normalized spacial score (nSPS) is 12.3. The highest BCUT2D eigenvalue weighted by molar-refractivity contribution is 7.54. The fourth-order valence-electron chi connectivity index (χ4n) is 0.998. The van der Waals surface area contributed by atoms with E-state index in [0.29, 0.717) is 13.2 Å². The van der Waals surface area contributed by atoms with Crippen LogP contribution in [-0.4, -0.2) is 44.2 Å². The number of hydrogen-bond donors (Lipinski definition) is 0. The first-order chi connectivity index (χ1) is 8.14. The first-order valence-electron chi connectivity index (χ1n) is 5.38. The molecule has 0 heterocycles. The molecule has 0 saturated heterocycles. The summed E-state index contributed by atoms with van der Waals surface area (Å²) in [5.41, 5.74) is 0. The van der Waals surface area contributed by atoms with Crippen LogP contribution in [0.25, 0.3) is 0 Å². The predicted molar refractivity (Wildman–Crippen MR) is 68.0 cm³/mol. The van der Waals surface area contributed by atoms with E-state index >= 15 is 0 Å². The molecular formula is C9H19Cl2O5P. The van der Waals surface area contributed by atoms with Crippen molar-refractivity contribution in [1.29, 1.82) is 0 Å². The van der Waals surface area contributed by atoms with Gasteiger partial charge in [0.1, 0.15) is 0 Å². The molecule has 0 aliphatic heterocycles. The summed E-state index contributed by atoms with van der Waals surface area (Å²) in [6, 6.07) is -1.04. The average molecular weight is 309 g/mol. The number of hydrogen-bond acceptors (Lipinski definition) is 5. The first kappa shape index (κ1) is 17.6. The van der Waals surface area contributed by atoms with Crippen molar-refractivity contribution in [2.75, 3.05) is 38.2 Å². The number of rotatable bonds is 11. The third kappa shape index (κ3) is 6.97. The molecule has 0 aromatic heterocycles. The van der Waals surface area contributed by atoms with E-state index in [0.717, 1.165) is 0 Å². The van der Waals surface area contributed by atoms with Crippen molar-refractivity contribution in [3.63, 3.8) is 0 Å². The van der Waals surface area contributed by atoms with Crippen LogP contribution in [-0.2, 0) is 23.1 Å². The van der Waals surface area contributed by atoms with Gasteiger partial charge in [0.15, 0.2) is 0 Å². The van der Waals surface area contributed by atoms with Crippen molar-refractivity contribution in [2.45, 2.75) is 19.9 Å². The molecular weight excluding hydrogens is 290 g/mol. The molecule has 0 amide bonds. The zero-order chi connectivity index (χ0) is 13.1. The van der Waals surface area contributed by atoms with Crippen LogP contribution in [0.1, 0.15) is 13.8 Å². The average Bonchev–Trinajstić information content (AvgIpc) is 2.33. The number of alkyl halides is 2. The highest BCUT2D eigenvalue weighted by atomic mass is 35.5. The molecule has 0 N–H and O–H groups in total. The lowest BCUT2D eigenvalue weighted by molar-refractivity contribution is -0.0982. The minimum atomic E-state index is -3.51. The lowest BCUT2D eigenvalue weighted by Gasteiger charge is -2.25. The standard InChI is InChI=1S/C9H19Cl2O5P/c1-3-13-9(14-4-2)17(12,15-7-5-10)16-8-6-11/h9H,3-8H2,1-2H3. The molecule has 0 spiro atoms. The number of ether oxygens (including phenoxy) is 2. The smallest absolute Gasteiger partial charge is 0.343 e. The van der Waals surface area contributed by atoms with Crippen LogP contribution in [0.3, 0.4) is 0 Å². The zero-order valence-corrected chi connectivity index (χ0v) is 12.5. The Morgan fingerprint density at radius 3 is 1.71 bits per heavy atom. The molecule has 8 heteroatoms. The van der Waals surface area contributed by atoms with Crippen molar-refractivity contribution in [3.8, 4) is 0 Å². The molecule has 0 saturated carbocycles. The quantitative estimate of drug-likeness (QED) is 0.333. The van der Waals surface area contributed by atoms with Gasteiger partial charge in [0.05, 0.1) is 13.2 Å². The predicted octanol–water partition coefficient (Wildman–Crippen LogP) is 3.05. The van der Waals surface area contributed by atoms with Crippen molar-refractivity contribution in [2.24, 2.45) is 0 Å². The molecule has 5 nitrogen and oxygen atoms in total. The Kier molecular flexibility index (Phi) is 11.0. The summed E-state index contributed by atoms with van der Waals surface area (Å²) < 4.78 is 33.1. The summed E-state index contributed by atoms with van der Waals surface area (Å²) >= 11 is 11.0. The van der Waals surface area contributed by atoms with Crippen molar-refractivity contribution in [3.05, 3.63) is 0 Å². The molecule has 0 aromatic rings. The number of halogens is 2. The summed E-state index contributed by atoms with van der Waals surface area (Å²) in [5.74, 6) is 0.415. The summed E-state index contributed by atoms with van der Waals surface area (Å²) in [5, 5.41) is 0. The van der Waals surface area contributed by atoms with Crippen molar-refractivity contribution < 1.29 is 23.1 Å². The Hall–Kier alpha value is 0.650. The minimum Gasteiger partial charge on any atom is -0.343 e. The molecule has 0 unspecified atom stereocenters. The second kappa shape index (κ2) is 10.6. The van der Waals surface area contributed by atoms with Crippen LogP contribution in [0.15, 0.2) is 0 Å². The van der Waals surface area contributed by atoms with Gasteiger partial charge in [-0.25, -0.2) is 0 Å². The van der Waals surface area contributed by atoms with Crippen LogP contribution in [0, 0.1) is 0 Å². The molecule has 0 aromatic carbocycles. The Balaban J connectivity index is 4.62. The van der Waals surface area contributed by atoms with E-state index in [4.69, 9.17) is 41.7 Å². The first-order valence-corrected chi connectivity index (χ1v) is 8.06. The highest BCUT2D eigenvalue weighted by Crippen LogP contribution is 2.53. The monoisotopic (exact) mass is 308 g/mol. The molecule has 0 aliphatic rings. The molecule has 17 heavy (non-hydrogen) atoms. The van der Waals surface area contributed by atoms with Crippen LogP contribution in [0.4, 0.5) is 0 Å². The van der Waals surface area contributed by atoms with Crippen LogP contribution < -0.4 is 0 Å². The van der Waals surface area contributed by atoms with Crippen LogP contribution in [0.5, 0.6) is 0 Å². The summed E-state index contributed by atoms with van der Waals surface area (Å²) in [7, 11) is -3.51. The van der Waals surface area contributed by atoms with E-state index in [1.54, 1.807) is 13.8 Å². The van der Waals surface area contributed by atoms with Gasteiger partial charge in [-0.2, -0.15) is 0 Å². The van der Waals surface area contributed by atoms with Crippen LogP contribution in [0.2, 0.25) is 0 Å². The molecule has 0 rings (SSSR count). The maximum absolute atomic E-state index is 12.4. The second-order valence-corrected chi connectivity index (χ2v) is 5.58. The maximum atomic E-state index is 12.4. The Labute approximate surface area is 112 Å². The van der Waals surface area contributed by atoms with E-state index < -0.39 is 13.6 Å². The van der Waals surface area contributed by atoms with Gasteiger partial charge in [-0.1, -0.05) is 0 Å². The second-order valence-electron chi connectivity index (χ2n) is 2.80. The van der Waals surface area contributed by atoms with Gasteiger partial charge in [-0.3, -0.25) is 4.57 Å². The zero-order valence-electron chi connectivity index (χ0n) is 10.1. The third-order valence-electron chi connectivity index (χ3n) is 1.57. The fraction of sp³-hybridized carbons (Fsp3) is 1.00. The van der Waals surface area contributed by atoms with Crippen LogP contribution >= 0.6 is 30.8 Å². The SMILES string of the molecule is CCOC(OCC)P(=O)(OCCCl)OCCCl. The molecule has 0 fully saturated rings. The van der Waals surface area contributed by atoms with Gasteiger partial charge in [0.25, 0.3) is 6.03 Å². The van der Waals surface area contributed by atoms with E-state index in [-0.39, 0.29) is 25.0 Å². The lowest BCUT2D eigenvalue weighted by Crippen LogP contribution is -2.21. The Morgan fingerprint density at radius 2 is 1.41 bits per heavy atom. The largest absolute Gasteiger partial charge is 0.386 e. The summed E-state index contributed by atoms with van der Waals surface area (Å²) in [6.45, 7) is 4.39. The van der Waals surface area contributed by atoms with E-state index in [1.165, 1.54) is 0 Å². The topological polar surface area (TPSA) is 54.0 Å². The summed E-state index contributed by atoms with van der Waals surface area (Å²) in [4.78, 5) is 0. The van der Waals surface area contributed by atoms with Crippen molar-refractivity contribution in [1.82, 2.24) is 0 Å². The van der Waals surface area contributed by atoms with Gasteiger partial charge in [0, 0.05) is 25.0 Å². The van der Waals surface area contributed by atoms with Gasteiger partial charge < -0.3 is 18.5 Å². The van der Waals surface area contributed by atoms with Gasteiger partial charge in [-0.05, 0) is 13.8 Å². The lowest BCUT2D eigenvalue weighted by atomic mass is 10.9. The van der Waals surface area contributed by atoms with Gasteiger partial charge >= 0.3 is 7.60 Å². The third-order valence-corrected chi connectivity index (χ3v) is 3.78. The Bertz CT molecular complexity index is 211. The summed E-state index contributed by atoms with van der Waals surface area (Å²) in [6.07, 6.45) is 0. The van der Waals surface area contributed by atoms with Gasteiger partial charge in [0.2, 0.25) is 0 Å². The van der Waals surface area contributed by atoms with Gasteiger partial charge in [-0.15, -0.1) is 23.2 Å². The van der Waals surface area contributed by atoms with E-state index in [9.17, 15) is 4.57 Å². The molecule has 0 bridgehead atoms.